The van der Waals surface area contributed by atoms with Crippen molar-refractivity contribution in [2.24, 2.45) is 5.92 Å². The lowest BCUT2D eigenvalue weighted by Gasteiger charge is -2.17. The fourth-order valence-electron chi connectivity index (χ4n) is 3.92. The summed E-state index contributed by atoms with van der Waals surface area (Å²) in [7, 11) is 1.72. The molecule has 1 fully saturated rings. The maximum atomic E-state index is 5.43. The summed E-state index contributed by atoms with van der Waals surface area (Å²) >= 11 is 0. The molecule has 0 unspecified atom stereocenters. The Bertz CT molecular complexity index is 913. The summed E-state index contributed by atoms with van der Waals surface area (Å²) in [5, 5.41) is 2.59. The van der Waals surface area contributed by atoms with Crippen LogP contribution in [0.2, 0.25) is 0 Å². The second-order valence-corrected chi connectivity index (χ2v) is 9.36. The number of unbranched alkanes of at least 4 members (excludes halogenated alkanes) is 3. The summed E-state index contributed by atoms with van der Waals surface area (Å²) in [6, 6.07) is 11.1. The first-order chi connectivity index (χ1) is 14.9. The van der Waals surface area contributed by atoms with Gasteiger partial charge in [0, 0.05) is 41.1 Å². The van der Waals surface area contributed by atoms with E-state index in [1.807, 2.05) is 0 Å². The van der Waals surface area contributed by atoms with Gasteiger partial charge in [-0.25, -0.2) is 0 Å². The lowest BCUT2D eigenvalue weighted by atomic mass is 10.1. The van der Waals surface area contributed by atoms with Crippen LogP contribution in [0.5, 0.6) is 5.75 Å². The Labute approximate surface area is 190 Å². The lowest BCUT2D eigenvalue weighted by Crippen LogP contribution is -2.17. The molecule has 172 valence electrons. The van der Waals surface area contributed by atoms with Gasteiger partial charge < -0.3 is 14.6 Å². The zero-order valence-corrected chi connectivity index (χ0v) is 21.0. The number of methoxy groups -OCH3 is 1. The average Bonchev–Trinajstić information content (AvgIpc) is 3.39. The second kappa shape index (κ2) is 12.6. The van der Waals surface area contributed by atoms with Gasteiger partial charge in [-0.05, 0) is 55.5 Å². The fourth-order valence-corrected chi connectivity index (χ4v) is 3.92. The van der Waals surface area contributed by atoms with Crippen molar-refractivity contribution in [1.29, 1.82) is 0 Å². The summed E-state index contributed by atoms with van der Waals surface area (Å²) in [5.74, 6) is 1.77. The standard InChI is InChI=1S/C18H20N2O.C6H14.C4H10/c1-12-9-14-15-10-13(20-7-3-4-8-20)5-6-16(15)19-17(14)11-18(12)21-2;1-3-5-6-4-2;1-4(2)3/h5-6,9-11,19H,3-4,7-8H2,1-2H3;3-6H2,1-2H3;4H,1-3H3. The van der Waals surface area contributed by atoms with E-state index in [9.17, 15) is 0 Å². The van der Waals surface area contributed by atoms with E-state index in [1.165, 1.54) is 79.2 Å². The number of hydrogen-bond donors (Lipinski definition) is 1. The first-order valence-corrected chi connectivity index (χ1v) is 12.3. The SMILES string of the molecule is CC(C)C.CCCCCC.COc1cc2[nH]c3ccc(N4CCCC4)cc3c2cc1C. The molecule has 1 aliphatic heterocycles. The predicted molar refractivity (Wildman–Crippen MR) is 139 cm³/mol. The van der Waals surface area contributed by atoms with Crippen molar-refractivity contribution >= 4 is 27.5 Å². The summed E-state index contributed by atoms with van der Waals surface area (Å²) in [6.07, 6.45) is 8.15. The van der Waals surface area contributed by atoms with E-state index in [4.69, 9.17) is 4.74 Å². The van der Waals surface area contributed by atoms with Gasteiger partial charge in [-0.2, -0.15) is 0 Å². The number of H-pyrrole nitrogens is 1. The molecular weight excluding hydrogens is 380 g/mol. The van der Waals surface area contributed by atoms with Gasteiger partial charge in [0.2, 0.25) is 0 Å². The maximum Gasteiger partial charge on any atom is 0.123 e. The Kier molecular flexibility index (Phi) is 10.2. The molecule has 1 saturated heterocycles. The van der Waals surface area contributed by atoms with Crippen molar-refractivity contribution in [2.75, 3.05) is 25.1 Å². The number of rotatable bonds is 5. The van der Waals surface area contributed by atoms with E-state index >= 15 is 0 Å². The minimum Gasteiger partial charge on any atom is -0.496 e. The molecule has 0 aliphatic carbocycles. The molecule has 2 heterocycles. The van der Waals surface area contributed by atoms with Crippen molar-refractivity contribution in [3.8, 4) is 5.75 Å². The highest BCUT2D eigenvalue weighted by Gasteiger charge is 2.14. The fraction of sp³-hybridized carbons (Fsp3) is 0.571. The molecule has 3 heteroatoms. The molecule has 0 amide bonds. The van der Waals surface area contributed by atoms with Gasteiger partial charge in [0.15, 0.2) is 0 Å². The largest absolute Gasteiger partial charge is 0.496 e. The number of fused-ring (bicyclic) bond motifs is 3. The first-order valence-electron chi connectivity index (χ1n) is 12.3. The molecule has 0 atom stereocenters. The Morgan fingerprint density at radius 1 is 0.903 bits per heavy atom. The number of benzene rings is 2. The first kappa shape index (κ1) is 25.1. The van der Waals surface area contributed by atoms with Gasteiger partial charge in [0.05, 0.1) is 12.6 Å². The van der Waals surface area contributed by atoms with Gasteiger partial charge in [-0.1, -0.05) is 60.3 Å². The average molecular weight is 425 g/mol. The van der Waals surface area contributed by atoms with Crippen LogP contribution in [-0.4, -0.2) is 25.2 Å². The van der Waals surface area contributed by atoms with Crippen LogP contribution in [0.25, 0.3) is 21.8 Å². The summed E-state index contributed by atoms with van der Waals surface area (Å²) in [4.78, 5) is 5.98. The molecular formula is C28H44N2O. The highest BCUT2D eigenvalue weighted by molar-refractivity contribution is 6.09. The lowest BCUT2D eigenvalue weighted by molar-refractivity contribution is 0.412. The van der Waals surface area contributed by atoms with Crippen LogP contribution in [-0.2, 0) is 0 Å². The Balaban J connectivity index is 0.000000289. The van der Waals surface area contributed by atoms with Crippen molar-refractivity contribution < 1.29 is 4.74 Å². The van der Waals surface area contributed by atoms with Gasteiger partial charge in [-0.3, -0.25) is 0 Å². The smallest absolute Gasteiger partial charge is 0.123 e. The number of aromatic amines is 1. The van der Waals surface area contributed by atoms with E-state index in [1.54, 1.807) is 7.11 Å². The third kappa shape index (κ3) is 7.19. The number of aryl methyl sites for hydroxylation is 1. The quantitative estimate of drug-likeness (QED) is 0.416. The monoisotopic (exact) mass is 424 g/mol. The molecule has 0 saturated carbocycles. The van der Waals surface area contributed by atoms with Gasteiger partial charge in [-0.15, -0.1) is 0 Å². The Morgan fingerprint density at radius 2 is 1.48 bits per heavy atom. The molecule has 0 spiro atoms. The molecule has 1 N–H and O–H groups in total. The normalized spacial score (nSPS) is 13.2. The number of ether oxygens (including phenoxy) is 1. The van der Waals surface area contributed by atoms with Crippen LogP contribution < -0.4 is 9.64 Å². The molecule has 0 bridgehead atoms. The minimum atomic E-state index is 0.833. The van der Waals surface area contributed by atoms with Crippen LogP contribution in [0, 0.1) is 12.8 Å². The van der Waals surface area contributed by atoms with Crippen LogP contribution >= 0.6 is 0 Å². The number of nitrogens with one attached hydrogen (secondary N) is 1. The molecule has 2 aromatic carbocycles. The molecule has 0 radical (unpaired) electrons. The second-order valence-electron chi connectivity index (χ2n) is 9.36. The zero-order valence-electron chi connectivity index (χ0n) is 21.0. The molecule has 4 rings (SSSR count). The summed E-state index contributed by atoms with van der Waals surface area (Å²) < 4.78 is 5.43. The zero-order chi connectivity index (χ0) is 22.8. The number of aromatic nitrogens is 1. The van der Waals surface area contributed by atoms with E-state index in [-0.39, 0.29) is 0 Å². The number of hydrogen-bond acceptors (Lipinski definition) is 2. The molecule has 3 nitrogen and oxygen atoms in total. The summed E-state index contributed by atoms with van der Waals surface area (Å²) in [6.45, 7) is 15.4. The Hall–Kier alpha value is -2.16. The van der Waals surface area contributed by atoms with Crippen molar-refractivity contribution in [3.05, 3.63) is 35.9 Å². The minimum absolute atomic E-state index is 0.833. The van der Waals surface area contributed by atoms with E-state index in [2.05, 4.69) is 81.8 Å². The highest BCUT2D eigenvalue weighted by atomic mass is 16.5. The Morgan fingerprint density at radius 3 is 2.03 bits per heavy atom. The molecule has 1 aliphatic rings. The van der Waals surface area contributed by atoms with Crippen molar-refractivity contribution in [1.82, 2.24) is 4.98 Å². The van der Waals surface area contributed by atoms with E-state index in [0.717, 1.165) is 17.2 Å². The van der Waals surface area contributed by atoms with Gasteiger partial charge >= 0.3 is 0 Å². The predicted octanol–water partition coefficient (Wildman–Crippen LogP) is 8.49. The topological polar surface area (TPSA) is 28.3 Å². The summed E-state index contributed by atoms with van der Waals surface area (Å²) in [5.41, 5.74) is 4.86. The molecule has 31 heavy (non-hydrogen) atoms. The van der Waals surface area contributed by atoms with Gasteiger partial charge in [0.25, 0.3) is 0 Å². The molecule has 1 aromatic heterocycles. The highest BCUT2D eigenvalue weighted by Crippen LogP contribution is 2.33. The number of anilines is 1. The van der Waals surface area contributed by atoms with Gasteiger partial charge in [0.1, 0.15) is 5.75 Å². The van der Waals surface area contributed by atoms with E-state index in [0.29, 0.717) is 0 Å². The van der Waals surface area contributed by atoms with Crippen molar-refractivity contribution in [3.63, 3.8) is 0 Å². The van der Waals surface area contributed by atoms with Crippen LogP contribution in [0.4, 0.5) is 5.69 Å². The number of nitrogens with zero attached hydrogens (tertiary/aromatic N) is 1. The molecule has 3 aromatic rings. The van der Waals surface area contributed by atoms with Crippen LogP contribution in [0.1, 0.15) is 78.7 Å². The van der Waals surface area contributed by atoms with Crippen LogP contribution in [0.15, 0.2) is 30.3 Å². The third-order valence-electron chi connectivity index (χ3n) is 5.53. The third-order valence-corrected chi connectivity index (χ3v) is 5.53. The van der Waals surface area contributed by atoms with Crippen molar-refractivity contribution in [2.45, 2.75) is 80.1 Å². The van der Waals surface area contributed by atoms with Crippen LogP contribution in [0.3, 0.4) is 0 Å². The maximum absolute atomic E-state index is 5.43. The van der Waals surface area contributed by atoms with E-state index < -0.39 is 0 Å².